The summed E-state index contributed by atoms with van der Waals surface area (Å²) in [6, 6.07) is 21.9. The van der Waals surface area contributed by atoms with Crippen LogP contribution in [0.2, 0.25) is 0 Å². The maximum atomic E-state index is 2.21. The average molecular weight is 250 g/mol. The van der Waals surface area contributed by atoms with Crippen molar-refractivity contribution in [3.05, 3.63) is 60.7 Å². The Hall–Kier alpha value is -2.08. The van der Waals surface area contributed by atoms with E-state index < -0.39 is 0 Å². The Morgan fingerprint density at radius 2 is 0.632 bits per heavy atom. The van der Waals surface area contributed by atoms with E-state index in [2.05, 4.69) is 60.7 Å². The van der Waals surface area contributed by atoms with Crippen molar-refractivity contribution < 1.29 is 0 Å². The second kappa shape index (κ2) is 5.27. The van der Waals surface area contributed by atoms with Gasteiger partial charge < -0.3 is 0 Å². The minimum absolute atomic E-state index is 0. The second-order valence-corrected chi connectivity index (χ2v) is 4.29. The van der Waals surface area contributed by atoms with E-state index in [-0.39, 0.29) is 22.3 Å². The average Bonchev–Trinajstić information content (AvgIpc) is 2.36. The summed E-state index contributed by atoms with van der Waals surface area (Å²) in [7, 11) is 0. The molecule has 0 aromatic heterocycles. The van der Waals surface area contributed by atoms with Gasteiger partial charge in [0.15, 0.2) is 0 Å². The summed E-state index contributed by atoms with van der Waals surface area (Å²) in [5.74, 6) is 0. The Bertz CT molecular complexity index is 667. The molecule has 19 heavy (non-hydrogen) atoms. The van der Waals surface area contributed by atoms with Gasteiger partial charge in [0, 0.05) is 0 Å². The van der Waals surface area contributed by atoms with Crippen molar-refractivity contribution >= 4 is 32.3 Å². The highest BCUT2D eigenvalue weighted by Crippen LogP contribution is 2.33. The molecule has 0 saturated carbocycles. The van der Waals surface area contributed by atoms with Gasteiger partial charge in [-0.15, -0.1) is 0 Å². The van der Waals surface area contributed by atoms with Crippen molar-refractivity contribution in [2.24, 2.45) is 0 Å². The molecule has 0 N–H and O–H groups in total. The fourth-order valence-corrected chi connectivity index (χ4v) is 2.67. The van der Waals surface area contributed by atoms with E-state index in [0.29, 0.717) is 0 Å². The van der Waals surface area contributed by atoms with E-state index in [1.165, 1.54) is 32.3 Å². The predicted octanol–water partition coefficient (Wildman–Crippen LogP) is 6.49. The lowest BCUT2D eigenvalue weighted by Gasteiger charge is -2.09. The highest BCUT2D eigenvalue weighted by Gasteiger charge is 2.05. The first-order chi connectivity index (χ1) is 7.93. The first-order valence-electron chi connectivity index (χ1n) is 5.56. The number of benzene rings is 4. The summed E-state index contributed by atoms with van der Waals surface area (Å²) < 4.78 is 0. The molecule has 0 aliphatic carbocycles. The standard InChI is InChI=1S/C16H10.3CH4/c1-3-11-7-9-13-5-2-6-14-10-8-12(4-1)15(11)16(13)14;;;/h1-10H;3*1H4. The maximum absolute atomic E-state index is 2.21. The zero-order valence-electron chi connectivity index (χ0n) is 8.77. The molecule has 4 aromatic rings. The van der Waals surface area contributed by atoms with Crippen molar-refractivity contribution in [3.8, 4) is 0 Å². The van der Waals surface area contributed by atoms with Gasteiger partial charge in [0.1, 0.15) is 0 Å². The Balaban J connectivity index is 0.000000602. The minimum atomic E-state index is 0. The molecule has 0 aliphatic heterocycles. The molecule has 0 bridgehead atoms. The van der Waals surface area contributed by atoms with Crippen LogP contribution in [0.1, 0.15) is 22.3 Å². The third-order valence-electron chi connectivity index (χ3n) is 3.39. The summed E-state index contributed by atoms with van der Waals surface area (Å²) in [6.07, 6.45) is 0. The lowest BCUT2D eigenvalue weighted by Crippen LogP contribution is -1.82. The molecule has 0 aliphatic rings. The molecule has 0 unspecified atom stereocenters. The van der Waals surface area contributed by atoms with Crippen molar-refractivity contribution in [1.29, 1.82) is 0 Å². The summed E-state index contributed by atoms with van der Waals surface area (Å²) >= 11 is 0. The predicted molar refractivity (Wildman–Crippen MR) is 90.3 cm³/mol. The van der Waals surface area contributed by atoms with Gasteiger partial charge in [0.25, 0.3) is 0 Å². The third-order valence-corrected chi connectivity index (χ3v) is 3.39. The van der Waals surface area contributed by atoms with Crippen molar-refractivity contribution in [1.82, 2.24) is 0 Å². The molecule has 0 heteroatoms. The third kappa shape index (κ3) is 1.94. The molecule has 0 saturated heterocycles. The van der Waals surface area contributed by atoms with Crippen molar-refractivity contribution in [2.45, 2.75) is 22.3 Å². The SMILES string of the molecule is C.C.C.c1cc2ccc3cccc4ccc(c1)c2c34. The Kier molecular flexibility index (Phi) is 4.16. The minimum Gasteiger partial charge on any atom is -0.0776 e. The zero-order chi connectivity index (χ0) is 10.5. The maximum Gasteiger partial charge on any atom is -0.00268 e. The van der Waals surface area contributed by atoms with E-state index >= 15 is 0 Å². The summed E-state index contributed by atoms with van der Waals surface area (Å²) in [5.41, 5.74) is 0. The van der Waals surface area contributed by atoms with E-state index in [4.69, 9.17) is 0 Å². The highest BCUT2D eigenvalue weighted by atomic mass is 14.1. The number of hydrogen-bond acceptors (Lipinski definition) is 0. The van der Waals surface area contributed by atoms with Gasteiger partial charge in [-0.2, -0.15) is 0 Å². The molecule has 0 fully saturated rings. The van der Waals surface area contributed by atoms with Crippen LogP contribution in [-0.4, -0.2) is 0 Å². The molecular formula is C19H22. The van der Waals surface area contributed by atoms with Gasteiger partial charge in [0.05, 0.1) is 0 Å². The normalized spacial score (nSPS) is 9.89. The van der Waals surface area contributed by atoms with Crippen LogP contribution in [0.25, 0.3) is 32.3 Å². The summed E-state index contributed by atoms with van der Waals surface area (Å²) in [4.78, 5) is 0. The van der Waals surface area contributed by atoms with Crippen LogP contribution < -0.4 is 0 Å². The van der Waals surface area contributed by atoms with Crippen LogP contribution in [-0.2, 0) is 0 Å². The fourth-order valence-electron chi connectivity index (χ4n) is 2.67. The molecular weight excluding hydrogens is 228 g/mol. The van der Waals surface area contributed by atoms with Crippen LogP contribution in [0, 0.1) is 0 Å². The molecule has 98 valence electrons. The van der Waals surface area contributed by atoms with Crippen LogP contribution >= 0.6 is 0 Å². The molecule has 0 radical (unpaired) electrons. The van der Waals surface area contributed by atoms with Crippen molar-refractivity contribution in [2.75, 3.05) is 0 Å². The molecule has 0 atom stereocenters. The van der Waals surface area contributed by atoms with E-state index in [9.17, 15) is 0 Å². The van der Waals surface area contributed by atoms with Gasteiger partial charge >= 0.3 is 0 Å². The first-order valence-corrected chi connectivity index (χ1v) is 5.56. The largest absolute Gasteiger partial charge is 0.0776 e. The van der Waals surface area contributed by atoms with Gasteiger partial charge in [0.2, 0.25) is 0 Å². The van der Waals surface area contributed by atoms with E-state index in [0.717, 1.165) is 0 Å². The van der Waals surface area contributed by atoms with Crippen molar-refractivity contribution in [3.63, 3.8) is 0 Å². The lowest BCUT2D eigenvalue weighted by molar-refractivity contribution is 1.78. The topological polar surface area (TPSA) is 0 Å². The summed E-state index contributed by atoms with van der Waals surface area (Å²) in [6.45, 7) is 0. The second-order valence-electron chi connectivity index (χ2n) is 4.29. The molecule has 4 rings (SSSR count). The number of rotatable bonds is 0. The molecule has 0 spiro atoms. The Labute approximate surface area is 116 Å². The highest BCUT2D eigenvalue weighted by molar-refractivity contribution is 6.22. The van der Waals surface area contributed by atoms with Gasteiger partial charge in [-0.3, -0.25) is 0 Å². The summed E-state index contributed by atoms with van der Waals surface area (Å²) in [5, 5.41) is 8.14. The lowest BCUT2D eigenvalue weighted by atomic mass is 9.95. The van der Waals surface area contributed by atoms with Crippen LogP contribution in [0.3, 0.4) is 0 Å². The van der Waals surface area contributed by atoms with E-state index in [1.54, 1.807) is 0 Å². The van der Waals surface area contributed by atoms with Gasteiger partial charge in [-0.05, 0) is 32.3 Å². The smallest absolute Gasteiger partial charge is 0.00268 e. The van der Waals surface area contributed by atoms with Crippen LogP contribution in [0.15, 0.2) is 60.7 Å². The fraction of sp³-hybridized carbons (Fsp3) is 0.158. The van der Waals surface area contributed by atoms with Gasteiger partial charge in [-0.25, -0.2) is 0 Å². The van der Waals surface area contributed by atoms with E-state index in [1.807, 2.05) is 0 Å². The number of hydrogen-bond donors (Lipinski definition) is 0. The molecule has 0 nitrogen and oxygen atoms in total. The quantitative estimate of drug-likeness (QED) is 0.313. The Morgan fingerprint density at radius 1 is 0.368 bits per heavy atom. The molecule has 4 aromatic carbocycles. The molecule has 0 amide bonds. The molecule has 0 heterocycles. The zero-order valence-corrected chi connectivity index (χ0v) is 8.77. The van der Waals surface area contributed by atoms with Crippen LogP contribution in [0.4, 0.5) is 0 Å². The first kappa shape index (κ1) is 15.0. The van der Waals surface area contributed by atoms with Crippen LogP contribution in [0.5, 0.6) is 0 Å². The van der Waals surface area contributed by atoms with Gasteiger partial charge in [-0.1, -0.05) is 82.9 Å². The monoisotopic (exact) mass is 250 g/mol. The Morgan fingerprint density at radius 3 is 0.895 bits per heavy atom.